The standard InChI is InChI=1S/C16H12F3NO2/c17-16(18,19)10-2-1-3-11(7-10)20-14(21)12-8-4-5-9(6-8)13(12)15(20)22/h1-5,7-9,12-13H,6H2/t8-,9-,12-,13+/m0/s1. The first-order valence-corrected chi connectivity index (χ1v) is 7.11. The van der Waals surface area contributed by atoms with Gasteiger partial charge in [0.05, 0.1) is 23.1 Å². The lowest BCUT2D eigenvalue weighted by Gasteiger charge is -2.18. The molecule has 1 heterocycles. The zero-order valence-corrected chi connectivity index (χ0v) is 11.4. The molecule has 4 atom stereocenters. The quantitative estimate of drug-likeness (QED) is 0.591. The Kier molecular flexibility index (Phi) is 2.59. The van der Waals surface area contributed by atoms with E-state index in [2.05, 4.69) is 0 Å². The number of anilines is 1. The Hall–Kier alpha value is -2.11. The van der Waals surface area contributed by atoms with Crippen LogP contribution in [-0.2, 0) is 15.8 Å². The molecular formula is C16H12F3NO2. The van der Waals surface area contributed by atoms with Crippen LogP contribution in [0.2, 0.25) is 0 Å². The molecule has 0 N–H and O–H groups in total. The first kappa shape index (κ1) is 13.5. The van der Waals surface area contributed by atoms with Crippen molar-refractivity contribution in [2.24, 2.45) is 23.7 Å². The molecular weight excluding hydrogens is 295 g/mol. The first-order chi connectivity index (χ1) is 10.4. The Bertz CT molecular complexity index is 680. The van der Waals surface area contributed by atoms with Crippen molar-refractivity contribution in [2.45, 2.75) is 12.6 Å². The summed E-state index contributed by atoms with van der Waals surface area (Å²) in [5.41, 5.74) is -0.845. The monoisotopic (exact) mass is 307 g/mol. The van der Waals surface area contributed by atoms with Gasteiger partial charge in [-0.2, -0.15) is 13.2 Å². The Balaban J connectivity index is 1.73. The van der Waals surface area contributed by atoms with Gasteiger partial charge < -0.3 is 0 Å². The van der Waals surface area contributed by atoms with Crippen LogP contribution in [0, 0.1) is 23.7 Å². The summed E-state index contributed by atoms with van der Waals surface area (Å²) in [4.78, 5) is 26.0. The number of fused-ring (bicyclic) bond motifs is 5. The molecule has 3 aliphatic rings. The number of halogens is 3. The van der Waals surface area contributed by atoms with Crippen molar-refractivity contribution in [3.63, 3.8) is 0 Å². The van der Waals surface area contributed by atoms with E-state index in [0.29, 0.717) is 0 Å². The predicted molar refractivity (Wildman–Crippen MR) is 71.7 cm³/mol. The van der Waals surface area contributed by atoms with Crippen molar-refractivity contribution < 1.29 is 22.8 Å². The van der Waals surface area contributed by atoms with Crippen LogP contribution in [0.3, 0.4) is 0 Å². The first-order valence-electron chi connectivity index (χ1n) is 7.11. The number of alkyl halides is 3. The highest BCUT2D eigenvalue weighted by Gasteiger charge is 2.59. The number of imide groups is 1. The Morgan fingerprint density at radius 2 is 1.59 bits per heavy atom. The SMILES string of the molecule is O=C1[C@@H]2[C@H](C(=O)N1c1cccc(C(F)(F)F)c1)[C@H]1C=C[C@H]2C1. The van der Waals surface area contributed by atoms with Crippen LogP contribution < -0.4 is 4.90 Å². The third-order valence-corrected chi connectivity index (χ3v) is 4.90. The lowest BCUT2D eigenvalue weighted by molar-refractivity contribution is -0.137. The number of carbonyl (C=O) groups excluding carboxylic acids is 2. The minimum atomic E-state index is -4.50. The molecule has 22 heavy (non-hydrogen) atoms. The maximum atomic E-state index is 12.8. The Morgan fingerprint density at radius 1 is 1.00 bits per heavy atom. The number of nitrogens with zero attached hydrogens (tertiary/aromatic N) is 1. The molecule has 2 amide bonds. The maximum Gasteiger partial charge on any atom is 0.416 e. The average Bonchev–Trinajstić information content (AvgIpc) is 3.12. The molecule has 0 aromatic heterocycles. The molecule has 2 fully saturated rings. The van der Waals surface area contributed by atoms with E-state index in [1.165, 1.54) is 12.1 Å². The lowest BCUT2D eigenvalue weighted by atomic mass is 9.85. The largest absolute Gasteiger partial charge is 0.416 e. The van der Waals surface area contributed by atoms with Gasteiger partial charge in [0.2, 0.25) is 11.8 Å². The Morgan fingerprint density at radius 3 is 2.14 bits per heavy atom. The molecule has 4 rings (SSSR count). The molecule has 2 aliphatic carbocycles. The van der Waals surface area contributed by atoms with E-state index in [9.17, 15) is 22.8 Å². The predicted octanol–water partition coefficient (Wildman–Crippen LogP) is 3.02. The second-order valence-electron chi connectivity index (χ2n) is 6.06. The van der Waals surface area contributed by atoms with Crippen molar-refractivity contribution in [3.8, 4) is 0 Å². The van der Waals surface area contributed by atoms with Gasteiger partial charge in [0.25, 0.3) is 0 Å². The fraction of sp³-hybridized carbons (Fsp3) is 0.375. The van der Waals surface area contributed by atoms with Crippen molar-refractivity contribution in [1.29, 1.82) is 0 Å². The second-order valence-corrected chi connectivity index (χ2v) is 6.06. The van der Waals surface area contributed by atoms with Gasteiger partial charge in [-0.1, -0.05) is 18.2 Å². The molecule has 3 nitrogen and oxygen atoms in total. The van der Waals surface area contributed by atoms with Crippen LogP contribution >= 0.6 is 0 Å². The highest BCUT2D eigenvalue weighted by molar-refractivity contribution is 6.22. The molecule has 2 bridgehead atoms. The highest BCUT2D eigenvalue weighted by atomic mass is 19.4. The van der Waals surface area contributed by atoms with E-state index in [1.807, 2.05) is 12.2 Å². The van der Waals surface area contributed by atoms with Gasteiger partial charge in [0, 0.05) is 0 Å². The number of hydrogen-bond acceptors (Lipinski definition) is 2. The van der Waals surface area contributed by atoms with Crippen LogP contribution in [0.4, 0.5) is 18.9 Å². The van der Waals surface area contributed by atoms with Gasteiger partial charge in [-0.25, -0.2) is 0 Å². The molecule has 0 spiro atoms. The van der Waals surface area contributed by atoms with Gasteiger partial charge >= 0.3 is 6.18 Å². The molecule has 0 unspecified atom stereocenters. The van der Waals surface area contributed by atoms with Gasteiger partial charge in [0.15, 0.2) is 0 Å². The van der Waals surface area contributed by atoms with Crippen LogP contribution in [0.5, 0.6) is 0 Å². The van der Waals surface area contributed by atoms with Crippen LogP contribution in [-0.4, -0.2) is 11.8 Å². The van der Waals surface area contributed by atoms with Crippen molar-refractivity contribution in [2.75, 3.05) is 4.90 Å². The molecule has 1 saturated heterocycles. The van der Waals surface area contributed by atoms with E-state index in [0.717, 1.165) is 23.5 Å². The molecule has 1 saturated carbocycles. The Labute approximate surface area is 124 Å². The molecule has 1 aromatic rings. The van der Waals surface area contributed by atoms with Crippen LogP contribution in [0.25, 0.3) is 0 Å². The topological polar surface area (TPSA) is 37.4 Å². The van der Waals surface area contributed by atoms with Gasteiger partial charge in [-0.05, 0) is 36.5 Å². The summed E-state index contributed by atoms with van der Waals surface area (Å²) in [5, 5.41) is 0. The van der Waals surface area contributed by atoms with Gasteiger partial charge in [0.1, 0.15) is 0 Å². The number of carbonyl (C=O) groups is 2. The van der Waals surface area contributed by atoms with E-state index in [4.69, 9.17) is 0 Å². The van der Waals surface area contributed by atoms with E-state index >= 15 is 0 Å². The molecule has 6 heteroatoms. The molecule has 1 aliphatic heterocycles. The summed E-state index contributed by atoms with van der Waals surface area (Å²) in [6.45, 7) is 0. The normalized spacial score (nSPS) is 33.0. The summed E-state index contributed by atoms with van der Waals surface area (Å²) < 4.78 is 38.4. The zero-order valence-electron chi connectivity index (χ0n) is 11.4. The number of amides is 2. The minimum absolute atomic E-state index is 0.0126. The fourth-order valence-corrected chi connectivity index (χ4v) is 3.98. The van der Waals surface area contributed by atoms with E-state index in [1.54, 1.807) is 0 Å². The summed E-state index contributed by atoms with van der Waals surface area (Å²) in [5.74, 6) is -1.46. The van der Waals surface area contributed by atoms with E-state index in [-0.39, 0.29) is 29.3 Å². The minimum Gasteiger partial charge on any atom is -0.274 e. The van der Waals surface area contributed by atoms with Crippen molar-refractivity contribution in [1.82, 2.24) is 0 Å². The summed E-state index contributed by atoms with van der Waals surface area (Å²) >= 11 is 0. The van der Waals surface area contributed by atoms with Crippen molar-refractivity contribution in [3.05, 3.63) is 42.0 Å². The van der Waals surface area contributed by atoms with E-state index < -0.39 is 23.6 Å². The number of allylic oxidation sites excluding steroid dienone is 2. The average molecular weight is 307 g/mol. The fourth-order valence-electron chi connectivity index (χ4n) is 3.98. The molecule has 0 radical (unpaired) electrons. The smallest absolute Gasteiger partial charge is 0.274 e. The highest BCUT2D eigenvalue weighted by Crippen LogP contribution is 2.53. The summed E-state index contributed by atoms with van der Waals surface area (Å²) in [7, 11) is 0. The van der Waals surface area contributed by atoms with Crippen molar-refractivity contribution >= 4 is 17.5 Å². The third kappa shape index (κ3) is 1.69. The van der Waals surface area contributed by atoms with Crippen LogP contribution in [0.15, 0.2) is 36.4 Å². The maximum absolute atomic E-state index is 12.8. The zero-order chi connectivity index (χ0) is 15.6. The number of benzene rings is 1. The summed E-state index contributed by atoms with van der Waals surface area (Å²) in [6.07, 6.45) is 0.195. The lowest BCUT2D eigenvalue weighted by Crippen LogP contribution is -2.33. The summed E-state index contributed by atoms with van der Waals surface area (Å²) in [6, 6.07) is 4.40. The van der Waals surface area contributed by atoms with Gasteiger partial charge in [-0.3, -0.25) is 14.5 Å². The van der Waals surface area contributed by atoms with Crippen LogP contribution in [0.1, 0.15) is 12.0 Å². The molecule has 114 valence electrons. The number of hydrogen-bond donors (Lipinski definition) is 0. The second kappa shape index (κ2) is 4.21. The van der Waals surface area contributed by atoms with Gasteiger partial charge in [-0.15, -0.1) is 0 Å². The molecule has 1 aromatic carbocycles. The number of rotatable bonds is 1. The third-order valence-electron chi connectivity index (χ3n) is 4.90.